The largest absolute Gasteiger partial charge is 0.377 e. The minimum atomic E-state index is -0.328. The summed E-state index contributed by atoms with van der Waals surface area (Å²) in [5.74, 6) is -0.347. The fraction of sp³-hybridized carbons (Fsp3) is 0.654. The molecule has 4 saturated heterocycles. The summed E-state index contributed by atoms with van der Waals surface area (Å²) in [5.41, 5.74) is 4.20. The molecule has 1 aromatic rings. The molecule has 4 heterocycles. The van der Waals surface area contributed by atoms with E-state index in [0.717, 1.165) is 38.1 Å². The van der Waals surface area contributed by atoms with E-state index in [1.165, 1.54) is 0 Å². The summed E-state index contributed by atoms with van der Waals surface area (Å²) in [6.45, 7) is 7.03. The standard InChI is InChI=1S/C26H37N5O4/c1-2-7-23(32)29-11-13-30(14-12-29)25(33)21-17-28(16-20-10-6-15-35-20)18-22-24(21)27-31(26(22)34)19-8-4-3-5-9-19/h3-5,8-9,20-22,24,27H,2,6-7,10-18H2,1H3. The Morgan fingerprint density at radius 2 is 1.80 bits per heavy atom. The van der Waals surface area contributed by atoms with Gasteiger partial charge in [0.25, 0.3) is 0 Å². The van der Waals surface area contributed by atoms with Crippen molar-refractivity contribution < 1.29 is 19.1 Å². The maximum Gasteiger partial charge on any atom is 0.247 e. The first-order chi connectivity index (χ1) is 17.0. The lowest BCUT2D eigenvalue weighted by Crippen LogP contribution is -2.60. The first kappa shape index (κ1) is 24.2. The van der Waals surface area contributed by atoms with Crippen LogP contribution in [0.15, 0.2) is 30.3 Å². The minimum Gasteiger partial charge on any atom is -0.377 e. The van der Waals surface area contributed by atoms with Gasteiger partial charge in [-0.05, 0) is 31.4 Å². The van der Waals surface area contributed by atoms with Crippen molar-refractivity contribution in [2.24, 2.45) is 11.8 Å². The van der Waals surface area contributed by atoms with E-state index in [1.54, 1.807) is 5.01 Å². The molecule has 4 aliphatic heterocycles. The fourth-order valence-electron chi connectivity index (χ4n) is 5.95. The molecule has 0 spiro atoms. The van der Waals surface area contributed by atoms with Gasteiger partial charge >= 0.3 is 0 Å². The van der Waals surface area contributed by atoms with Gasteiger partial charge in [0, 0.05) is 58.8 Å². The number of piperazine rings is 1. The van der Waals surface area contributed by atoms with Gasteiger partial charge in [-0.15, -0.1) is 0 Å². The van der Waals surface area contributed by atoms with E-state index < -0.39 is 0 Å². The topological polar surface area (TPSA) is 85.4 Å². The average molecular weight is 484 g/mol. The molecule has 0 aliphatic carbocycles. The predicted molar refractivity (Wildman–Crippen MR) is 131 cm³/mol. The number of hydrazine groups is 1. The van der Waals surface area contributed by atoms with Gasteiger partial charge in [0.05, 0.1) is 29.7 Å². The number of fused-ring (bicyclic) bond motifs is 1. The molecule has 3 amide bonds. The van der Waals surface area contributed by atoms with Crippen LogP contribution in [0.2, 0.25) is 0 Å². The molecule has 9 heteroatoms. The number of nitrogens with one attached hydrogen (secondary N) is 1. The van der Waals surface area contributed by atoms with Crippen LogP contribution in [0.1, 0.15) is 32.6 Å². The second kappa shape index (κ2) is 10.6. The van der Waals surface area contributed by atoms with Crippen LogP contribution in [0.25, 0.3) is 0 Å². The first-order valence-corrected chi connectivity index (χ1v) is 13.1. The molecule has 0 aromatic heterocycles. The summed E-state index contributed by atoms with van der Waals surface area (Å²) in [6, 6.07) is 9.34. The van der Waals surface area contributed by atoms with Crippen LogP contribution in [0.5, 0.6) is 0 Å². The Kier molecular flexibility index (Phi) is 7.36. The maximum atomic E-state index is 13.8. The van der Waals surface area contributed by atoms with Crippen LogP contribution < -0.4 is 10.4 Å². The zero-order valence-corrected chi connectivity index (χ0v) is 20.6. The van der Waals surface area contributed by atoms with Gasteiger partial charge in [-0.3, -0.25) is 19.3 Å². The zero-order chi connectivity index (χ0) is 24.4. The van der Waals surface area contributed by atoms with Crippen LogP contribution in [0.4, 0.5) is 5.69 Å². The second-order valence-corrected chi connectivity index (χ2v) is 10.2. The lowest BCUT2D eigenvalue weighted by atomic mass is 9.83. The number of hydrogen-bond donors (Lipinski definition) is 1. The smallest absolute Gasteiger partial charge is 0.247 e. The summed E-state index contributed by atoms with van der Waals surface area (Å²) in [7, 11) is 0. The number of carbonyl (C=O) groups excluding carboxylic acids is 3. The number of ether oxygens (including phenoxy) is 1. The number of piperidine rings is 1. The number of para-hydroxylation sites is 1. The number of nitrogens with zero attached hydrogens (tertiary/aromatic N) is 4. The van der Waals surface area contributed by atoms with Crippen LogP contribution in [0.3, 0.4) is 0 Å². The van der Waals surface area contributed by atoms with Crippen LogP contribution in [0, 0.1) is 11.8 Å². The van der Waals surface area contributed by atoms with Gasteiger partial charge in [-0.25, -0.2) is 10.4 Å². The molecule has 4 fully saturated rings. The van der Waals surface area contributed by atoms with Gasteiger partial charge in [0.15, 0.2) is 0 Å². The highest BCUT2D eigenvalue weighted by Gasteiger charge is 2.52. The zero-order valence-electron chi connectivity index (χ0n) is 20.6. The molecule has 1 aromatic carbocycles. The molecular weight excluding hydrogens is 446 g/mol. The Hall–Kier alpha value is -2.49. The molecule has 5 rings (SSSR count). The third kappa shape index (κ3) is 5.08. The number of anilines is 1. The third-order valence-corrected chi connectivity index (χ3v) is 7.82. The van der Waals surface area contributed by atoms with Crippen molar-refractivity contribution >= 4 is 23.4 Å². The Bertz CT molecular complexity index is 914. The van der Waals surface area contributed by atoms with Crippen molar-refractivity contribution in [2.45, 2.75) is 44.8 Å². The van der Waals surface area contributed by atoms with E-state index in [9.17, 15) is 14.4 Å². The van der Waals surface area contributed by atoms with Crippen molar-refractivity contribution in [3.05, 3.63) is 30.3 Å². The second-order valence-electron chi connectivity index (χ2n) is 10.2. The lowest BCUT2D eigenvalue weighted by Gasteiger charge is -2.42. The van der Waals surface area contributed by atoms with Gasteiger partial charge in [-0.1, -0.05) is 25.1 Å². The van der Waals surface area contributed by atoms with Crippen molar-refractivity contribution in [1.29, 1.82) is 0 Å². The Morgan fingerprint density at radius 3 is 2.49 bits per heavy atom. The van der Waals surface area contributed by atoms with E-state index in [1.807, 2.05) is 47.1 Å². The van der Waals surface area contributed by atoms with E-state index in [-0.39, 0.29) is 41.7 Å². The van der Waals surface area contributed by atoms with E-state index in [2.05, 4.69) is 10.3 Å². The number of carbonyl (C=O) groups is 3. The molecular formula is C26H37N5O4. The maximum absolute atomic E-state index is 13.8. The quantitative estimate of drug-likeness (QED) is 0.653. The number of benzene rings is 1. The Morgan fingerprint density at radius 1 is 1.06 bits per heavy atom. The molecule has 9 nitrogen and oxygen atoms in total. The predicted octanol–water partition coefficient (Wildman–Crippen LogP) is 1.10. The molecule has 4 unspecified atom stereocenters. The highest BCUT2D eigenvalue weighted by atomic mass is 16.5. The van der Waals surface area contributed by atoms with Crippen LogP contribution in [-0.4, -0.2) is 97.0 Å². The number of rotatable bonds is 6. The van der Waals surface area contributed by atoms with E-state index >= 15 is 0 Å². The van der Waals surface area contributed by atoms with E-state index in [0.29, 0.717) is 45.7 Å². The monoisotopic (exact) mass is 483 g/mol. The third-order valence-electron chi connectivity index (χ3n) is 7.82. The van der Waals surface area contributed by atoms with Crippen LogP contribution >= 0.6 is 0 Å². The number of hydrogen-bond acceptors (Lipinski definition) is 6. The van der Waals surface area contributed by atoms with Gasteiger partial charge in [0.2, 0.25) is 17.7 Å². The average Bonchev–Trinajstić information content (AvgIpc) is 3.52. The first-order valence-electron chi connectivity index (χ1n) is 13.1. The van der Waals surface area contributed by atoms with Gasteiger partial charge in [-0.2, -0.15) is 0 Å². The summed E-state index contributed by atoms with van der Waals surface area (Å²) < 4.78 is 5.86. The molecule has 0 radical (unpaired) electrons. The number of likely N-dealkylation sites (tertiary alicyclic amines) is 1. The molecule has 4 aliphatic rings. The number of amides is 3. The summed E-state index contributed by atoms with van der Waals surface area (Å²) >= 11 is 0. The molecule has 190 valence electrons. The highest BCUT2D eigenvalue weighted by Crippen LogP contribution is 2.33. The van der Waals surface area contributed by atoms with Gasteiger partial charge in [0.1, 0.15) is 0 Å². The van der Waals surface area contributed by atoms with Gasteiger partial charge < -0.3 is 14.5 Å². The molecule has 0 bridgehead atoms. The van der Waals surface area contributed by atoms with Crippen molar-refractivity contribution in [2.75, 3.05) is 57.4 Å². The Labute approximate surface area is 207 Å². The van der Waals surface area contributed by atoms with Crippen LogP contribution in [-0.2, 0) is 19.1 Å². The molecule has 4 atom stereocenters. The summed E-state index contributed by atoms with van der Waals surface area (Å²) in [5, 5.41) is 1.63. The summed E-state index contributed by atoms with van der Waals surface area (Å²) in [4.78, 5) is 45.6. The SMILES string of the molecule is CCCC(=O)N1CCN(C(=O)C2CN(CC3CCCO3)CC3C(=O)N(c4ccccc4)NC23)CC1. The Balaban J connectivity index is 1.32. The van der Waals surface area contributed by atoms with Crippen molar-refractivity contribution in [3.8, 4) is 0 Å². The summed E-state index contributed by atoms with van der Waals surface area (Å²) in [6.07, 6.45) is 3.65. The van der Waals surface area contributed by atoms with E-state index in [4.69, 9.17) is 4.74 Å². The minimum absolute atomic E-state index is 0.0195. The lowest BCUT2D eigenvalue weighted by molar-refractivity contribution is -0.145. The van der Waals surface area contributed by atoms with Crippen molar-refractivity contribution in [1.82, 2.24) is 20.1 Å². The highest BCUT2D eigenvalue weighted by molar-refractivity contribution is 5.98. The molecule has 0 saturated carbocycles. The fourth-order valence-corrected chi connectivity index (χ4v) is 5.95. The van der Waals surface area contributed by atoms with Crippen molar-refractivity contribution in [3.63, 3.8) is 0 Å². The molecule has 1 N–H and O–H groups in total. The molecule has 35 heavy (non-hydrogen) atoms. The normalized spacial score (nSPS) is 29.5.